The number of oxazole rings is 1. The zero-order valence-electron chi connectivity index (χ0n) is 13.9. The lowest BCUT2D eigenvalue weighted by Gasteiger charge is -2.00. The summed E-state index contributed by atoms with van der Waals surface area (Å²) in [5.41, 5.74) is 3.61. The Morgan fingerprint density at radius 1 is 0.885 bits per heavy atom. The van der Waals surface area contributed by atoms with E-state index in [0.29, 0.717) is 5.89 Å². The summed E-state index contributed by atoms with van der Waals surface area (Å²) in [5, 5.41) is 2.06. The van der Waals surface area contributed by atoms with E-state index in [-0.39, 0.29) is 4.90 Å². The van der Waals surface area contributed by atoms with Crippen LogP contribution in [0.4, 0.5) is 0 Å². The van der Waals surface area contributed by atoms with E-state index in [4.69, 9.17) is 4.42 Å². The molecule has 2 aromatic carbocycles. The van der Waals surface area contributed by atoms with E-state index in [1.807, 2.05) is 18.2 Å². The largest absolute Gasteiger partial charge is 0.444 e. The summed E-state index contributed by atoms with van der Waals surface area (Å²) in [5.74, 6) is 0.461. The summed E-state index contributed by atoms with van der Waals surface area (Å²) in [6, 6.07) is 18.8. The molecule has 0 bridgehead atoms. The molecule has 2 aromatic heterocycles. The van der Waals surface area contributed by atoms with Gasteiger partial charge in [-0.3, -0.25) is 0 Å². The van der Waals surface area contributed by atoms with Gasteiger partial charge in [-0.15, -0.1) is 11.3 Å². The maximum atomic E-state index is 11.5. The average molecular weight is 381 g/mol. The minimum Gasteiger partial charge on any atom is -0.444 e. The number of rotatable bonds is 4. The second-order valence-electron chi connectivity index (χ2n) is 5.89. The fourth-order valence-electron chi connectivity index (χ4n) is 2.63. The van der Waals surface area contributed by atoms with E-state index in [1.54, 1.807) is 41.9 Å². The number of nitrogens with zero attached hydrogens (tertiary/aromatic N) is 1. The van der Waals surface area contributed by atoms with Gasteiger partial charge in [-0.05, 0) is 41.3 Å². The number of hydrogen-bond donors (Lipinski definition) is 0. The Labute approximate surface area is 155 Å². The normalized spacial score (nSPS) is 11.6. The first-order chi connectivity index (χ1) is 12.5. The van der Waals surface area contributed by atoms with Crippen LogP contribution in [0.3, 0.4) is 0 Å². The van der Waals surface area contributed by atoms with Gasteiger partial charge in [0.05, 0.1) is 4.90 Å². The molecule has 0 spiro atoms. The van der Waals surface area contributed by atoms with E-state index in [1.165, 1.54) is 16.7 Å². The van der Waals surface area contributed by atoms with Crippen molar-refractivity contribution in [2.24, 2.45) is 0 Å². The molecule has 0 aliphatic heterocycles. The van der Waals surface area contributed by atoms with Gasteiger partial charge in [0.2, 0.25) is 5.89 Å². The van der Waals surface area contributed by atoms with Crippen molar-refractivity contribution < 1.29 is 12.8 Å². The average Bonchev–Trinajstić information content (AvgIpc) is 3.33. The van der Waals surface area contributed by atoms with E-state index < -0.39 is 9.84 Å². The van der Waals surface area contributed by atoms with Gasteiger partial charge in [0.1, 0.15) is 12.0 Å². The molecular weight excluding hydrogens is 366 g/mol. The third kappa shape index (κ3) is 3.34. The van der Waals surface area contributed by atoms with Crippen LogP contribution in [0, 0.1) is 0 Å². The van der Waals surface area contributed by atoms with Gasteiger partial charge in [-0.25, -0.2) is 13.4 Å². The zero-order valence-corrected chi connectivity index (χ0v) is 15.5. The molecule has 0 radical (unpaired) electrons. The van der Waals surface area contributed by atoms with E-state index in [2.05, 4.69) is 28.6 Å². The predicted molar refractivity (Wildman–Crippen MR) is 104 cm³/mol. The van der Waals surface area contributed by atoms with Crippen molar-refractivity contribution in [1.82, 2.24) is 4.98 Å². The van der Waals surface area contributed by atoms with E-state index >= 15 is 0 Å². The summed E-state index contributed by atoms with van der Waals surface area (Å²) in [6.07, 6.45) is 2.80. The predicted octanol–water partition coefficient (Wildman–Crippen LogP) is 5.14. The van der Waals surface area contributed by atoms with Crippen LogP contribution < -0.4 is 0 Å². The van der Waals surface area contributed by atoms with Gasteiger partial charge in [0.15, 0.2) is 9.84 Å². The monoisotopic (exact) mass is 381 g/mol. The Balaban J connectivity index is 1.60. The number of thiophene rings is 1. The van der Waals surface area contributed by atoms with Crippen LogP contribution in [0.15, 0.2) is 81.6 Å². The highest BCUT2D eigenvalue weighted by Crippen LogP contribution is 2.29. The van der Waals surface area contributed by atoms with Crippen LogP contribution in [-0.2, 0) is 9.84 Å². The molecule has 0 N–H and O–H groups in total. The van der Waals surface area contributed by atoms with Crippen molar-refractivity contribution in [3.05, 3.63) is 72.3 Å². The lowest BCUT2D eigenvalue weighted by atomic mass is 10.1. The maximum Gasteiger partial charge on any atom is 0.226 e. The van der Waals surface area contributed by atoms with Crippen LogP contribution >= 0.6 is 11.3 Å². The molecule has 0 atom stereocenters. The maximum absolute atomic E-state index is 11.5. The standard InChI is InChI=1S/C20H15NO3S2/c1-26(22,23)17-10-8-16(9-11-17)20-21-18(13-24-20)14-4-6-15(7-5-14)19-3-2-12-25-19/h2-13H,1H3. The second kappa shape index (κ2) is 6.55. The summed E-state index contributed by atoms with van der Waals surface area (Å²) in [6.45, 7) is 0. The fourth-order valence-corrected chi connectivity index (χ4v) is 4.00. The SMILES string of the molecule is CS(=O)(=O)c1ccc(-c2nc(-c3ccc(-c4cccs4)cc3)co2)cc1. The Kier molecular flexibility index (Phi) is 4.22. The first-order valence-corrected chi connectivity index (χ1v) is 10.7. The molecule has 0 unspecified atom stereocenters. The van der Waals surface area contributed by atoms with Crippen LogP contribution in [0.2, 0.25) is 0 Å². The molecular formula is C20H15NO3S2. The lowest BCUT2D eigenvalue weighted by molar-refractivity contribution is 0.574. The lowest BCUT2D eigenvalue weighted by Crippen LogP contribution is -1.96. The topological polar surface area (TPSA) is 60.2 Å². The highest BCUT2D eigenvalue weighted by Gasteiger charge is 2.11. The van der Waals surface area contributed by atoms with Crippen molar-refractivity contribution in [2.45, 2.75) is 4.90 Å². The van der Waals surface area contributed by atoms with E-state index in [9.17, 15) is 8.42 Å². The summed E-state index contributed by atoms with van der Waals surface area (Å²) in [7, 11) is -3.21. The van der Waals surface area contributed by atoms with Crippen molar-refractivity contribution >= 4 is 21.2 Å². The van der Waals surface area contributed by atoms with Crippen molar-refractivity contribution in [2.75, 3.05) is 6.26 Å². The molecule has 2 heterocycles. The van der Waals surface area contributed by atoms with Gasteiger partial charge in [-0.1, -0.05) is 30.3 Å². The van der Waals surface area contributed by atoms with Crippen LogP contribution in [0.25, 0.3) is 33.2 Å². The molecule has 26 heavy (non-hydrogen) atoms. The Hall–Kier alpha value is -2.70. The summed E-state index contributed by atoms with van der Waals surface area (Å²) < 4.78 is 28.7. The fraction of sp³-hybridized carbons (Fsp3) is 0.0500. The Morgan fingerprint density at radius 2 is 1.54 bits per heavy atom. The highest BCUT2D eigenvalue weighted by atomic mass is 32.2. The van der Waals surface area contributed by atoms with E-state index in [0.717, 1.165) is 16.8 Å². The van der Waals surface area contributed by atoms with Gasteiger partial charge in [0.25, 0.3) is 0 Å². The molecule has 6 heteroatoms. The van der Waals surface area contributed by atoms with Crippen LogP contribution in [-0.4, -0.2) is 19.7 Å². The quantitative estimate of drug-likeness (QED) is 0.491. The first kappa shape index (κ1) is 16.8. The van der Waals surface area contributed by atoms with Gasteiger partial charge in [0, 0.05) is 22.3 Å². The van der Waals surface area contributed by atoms with Crippen LogP contribution in [0.1, 0.15) is 0 Å². The summed E-state index contributed by atoms with van der Waals surface area (Å²) >= 11 is 1.70. The third-order valence-electron chi connectivity index (χ3n) is 4.02. The molecule has 0 aliphatic rings. The van der Waals surface area contributed by atoms with Gasteiger partial charge >= 0.3 is 0 Å². The molecule has 4 rings (SSSR count). The van der Waals surface area contributed by atoms with Gasteiger partial charge in [-0.2, -0.15) is 0 Å². The molecule has 0 saturated carbocycles. The summed E-state index contributed by atoms with van der Waals surface area (Å²) in [4.78, 5) is 6.02. The minimum absolute atomic E-state index is 0.275. The number of hydrogen-bond acceptors (Lipinski definition) is 5. The van der Waals surface area contributed by atoms with Crippen molar-refractivity contribution in [3.8, 4) is 33.2 Å². The molecule has 130 valence electrons. The zero-order chi connectivity index (χ0) is 18.1. The molecule has 4 aromatic rings. The number of sulfone groups is 1. The molecule has 0 saturated heterocycles. The molecule has 0 fully saturated rings. The van der Waals surface area contributed by atoms with Gasteiger partial charge < -0.3 is 4.42 Å². The Morgan fingerprint density at radius 3 is 2.15 bits per heavy atom. The smallest absolute Gasteiger partial charge is 0.226 e. The van der Waals surface area contributed by atoms with Crippen molar-refractivity contribution in [1.29, 1.82) is 0 Å². The number of benzene rings is 2. The molecule has 4 nitrogen and oxygen atoms in total. The van der Waals surface area contributed by atoms with Crippen LogP contribution in [0.5, 0.6) is 0 Å². The Bertz CT molecular complexity index is 1120. The molecule has 0 aliphatic carbocycles. The minimum atomic E-state index is -3.21. The third-order valence-corrected chi connectivity index (χ3v) is 6.07. The second-order valence-corrected chi connectivity index (χ2v) is 8.85. The first-order valence-electron chi connectivity index (χ1n) is 7.91. The molecule has 0 amide bonds. The van der Waals surface area contributed by atoms with Crippen molar-refractivity contribution in [3.63, 3.8) is 0 Å². The highest BCUT2D eigenvalue weighted by molar-refractivity contribution is 7.90. The number of aromatic nitrogens is 1.